The molecule has 4 N–H and O–H groups in total. The van der Waals surface area contributed by atoms with E-state index in [9.17, 15) is 0 Å². The highest BCUT2D eigenvalue weighted by Gasteiger charge is 2.23. The van der Waals surface area contributed by atoms with Crippen LogP contribution < -0.4 is 16.0 Å². The zero-order chi connectivity index (χ0) is 9.97. The average Bonchev–Trinajstić information content (AvgIpc) is 2.54. The van der Waals surface area contributed by atoms with E-state index in [2.05, 4.69) is 17.2 Å². The number of aromatic amines is 1. The molecule has 78 valence electrons. The summed E-state index contributed by atoms with van der Waals surface area (Å²) in [4.78, 5) is 4.69. The lowest BCUT2D eigenvalue weighted by Gasteiger charge is -2.21. The molecule has 4 heteroatoms. The Morgan fingerprint density at radius 1 is 1.64 bits per heavy atom. The molecule has 0 amide bonds. The number of H-pyrrole nitrogens is 1. The molecule has 0 bridgehead atoms. The van der Waals surface area contributed by atoms with Gasteiger partial charge in [-0.1, -0.05) is 18.3 Å². The van der Waals surface area contributed by atoms with Crippen LogP contribution in [-0.2, 0) is 12.8 Å². The van der Waals surface area contributed by atoms with Crippen LogP contribution in [-0.4, -0.2) is 12.6 Å². The summed E-state index contributed by atoms with van der Waals surface area (Å²) in [7, 11) is 0. The molecule has 3 nitrogen and oxygen atoms in total. The number of anilines is 1. The van der Waals surface area contributed by atoms with Crippen LogP contribution in [0.4, 0.5) is 5.13 Å². The number of aromatic nitrogens is 1. The maximum Gasteiger partial charge on any atom is 0.329 e. The summed E-state index contributed by atoms with van der Waals surface area (Å²) in [6.07, 6.45) is 4.74. The molecule has 14 heavy (non-hydrogen) atoms. The standard InChI is InChI=1S/C10H17N3S/c1-2-5-12-7-3-4-8-9(6-7)14-10(11)13-8/h7,12H,2-6H2,1H3,(H2,11,13)/p+1. The zero-order valence-electron chi connectivity index (χ0n) is 8.60. The molecular weight excluding hydrogens is 194 g/mol. The molecule has 0 saturated carbocycles. The van der Waals surface area contributed by atoms with Crippen molar-refractivity contribution in [3.8, 4) is 0 Å². The number of nitrogen functional groups attached to an aromatic ring is 1. The Labute approximate surface area is 88.7 Å². The first-order valence-corrected chi connectivity index (χ1v) is 6.14. The van der Waals surface area contributed by atoms with Crippen molar-refractivity contribution < 1.29 is 4.98 Å². The summed E-state index contributed by atoms with van der Waals surface area (Å²) in [5, 5.41) is 4.43. The molecule has 1 heterocycles. The van der Waals surface area contributed by atoms with Crippen molar-refractivity contribution in [1.82, 2.24) is 5.32 Å². The summed E-state index contributed by atoms with van der Waals surface area (Å²) in [6, 6.07) is 0.661. The van der Waals surface area contributed by atoms with Crippen molar-refractivity contribution >= 4 is 16.5 Å². The molecule has 0 spiro atoms. The van der Waals surface area contributed by atoms with Gasteiger partial charge in [-0.25, -0.2) is 4.98 Å². The van der Waals surface area contributed by atoms with E-state index in [0.29, 0.717) is 6.04 Å². The van der Waals surface area contributed by atoms with Crippen molar-refractivity contribution in [2.75, 3.05) is 12.3 Å². The molecule has 0 radical (unpaired) electrons. The summed E-state index contributed by atoms with van der Waals surface area (Å²) >= 11 is 1.71. The molecule has 1 aliphatic carbocycles. The van der Waals surface area contributed by atoms with Crippen molar-refractivity contribution in [1.29, 1.82) is 0 Å². The molecule has 0 aliphatic heterocycles. The Kier molecular flexibility index (Phi) is 3.03. The van der Waals surface area contributed by atoms with E-state index in [4.69, 9.17) is 5.73 Å². The van der Waals surface area contributed by atoms with Crippen LogP contribution in [0.2, 0.25) is 0 Å². The molecule has 1 aliphatic rings. The second kappa shape index (κ2) is 4.28. The lowest BCUT2D eigenvalue weighted by Crippen LogP contribution is -2.35. The first kappa shape index (κ1) is 9.93. The maximum absolute atomic E-state index is 5.75. The summed E-state index contributed by atoms with van der Waals surface area (Å²) in [6.45, 7) is 3.34. The van der Waals surface area contributed by atoms with Gasteiger partial charge in [0.25, 0.3) is 0 Å². The maximum atomic E-state index is 5.75. The number of nitrogens with two attached hydrogens (primary N) is 1. The number of hydrogen-bond donors (Lipinski definition) is 2. The Hall–Kier alpha value is -0.610. The average molecular weight is 212 g/mol. The monoisotopic (exact) mass is 212 g/mol. The minimum absolute atomic E-state index is 0.661. The van der Waals surface area contributed by atoms with Gasteiger partial charge in [-0.05, 0) is 19.4 Å². The summed E-state index contributed by atoms with van der Waals surface area (Å²) in [5.74, 6) is 0. The van der Waals surface area contributed by atoms with Crippen molar-refractivity contribution in [3.05, 3.63) is 10.6 Å². The summed E-state index contributed by atoms with van der Waals surface area (Å²) in [5.41, 5.74) is 7.11. The van der Waals surface area contributed by atoms with Crippen LogP contribution in [0.5, 0.6) is 0 Å². The van der Waals surface area contributed by atoms with Crippen molar-refractivity contribution in [2.45, 2.75) is 38.6 Å². The fraction of sp³-hybridized carbons (Fsp3) is 0.700. The lowest BCUT2D eigenvalue weighted by molar-refractivity contribution is -0.368. The van der Waals surface area contributed by atoms with Gasteiger partial charge in [0, 0.05) is 18.9 Å². The van der Waals surface area contributed by atoms with Crippen LogP contribution in [0.1, 0.15) is 30.3 Å². The molecule has 1 aromatic rings. The van der Waals surface area contributed by atoms with Gasteiger partial charge in [0.1, 0.15) is 5.69 Å². The number of hydrogen-bond acceptors (Lipinski definition) is 3. The highest BCUT2D eigenvalue weighted by atomic mass is 32.1. The van der Waals surface area contributed by atoms with Gasteiger partial charge in [0.2, 0.25) is 0 Å². The minimum Gasteiger partial charge on any atom is -0.314 e. The van der Waals surface area contributed by atoms with E-state index in [0.717, 1.165) is 24.5 Å². The van der Waals surface area contributed by atoms with Crippen molar-refractivity contribution in [2.24, 2.45) is 0 Å². The van der Waals surface area contributed by atoms with Crippen LogP contribution in [0.15, 0.2) is 0 Å². The molecule has 1 aromatic heterocycles. The predicted molar refractivity (Wildman–Crippen MR) is 59.4 cm³/mol. The van der Waals surface area contributed by atoms with E-state index in [-0.39, 0.29) is 0 Å². The smallest absolute Gasteiger partial charge is 0.314 e. The molecular formula is C10H18N3S+. The minimum atomic E-state index is 0.661. The van der Waals surface area contributed by atoms with E-state index in [1.807, 2.05) is 0 Å². The topological polar surface area (TPSA) is 52.2 Å². The van der Waals surface area contributed by atoms with Gasteiger partial charge in [-0.3, -0.25) is 5.73 Å². The van der Waals surface area contributed by atoms with Crippen LogP contribution in [0.25, 0.3) is 0 Å². The van der Waals surface area contributed by atoms with E-state index < -0.39 is 0 Å². The zero-order valence-corrected chi connectivity index (χ0v) is 9.41. The molecule has 1 unspecified atom stereocenters. The number of nitrogens with one attached hydrogen (secondary N) is 2. The Morgan fingerprint density at radius 2 is 2.50 bits per heavy atom. The van der Waals surface area contributed by atoms with Gasteiger partial charge >= 0.3 is 5.13 Å². The predicted octanol–water partition coefficient (Wildman–Crippen LogP) is 1.00. The first-order chi connectivity index (χ1) is 6.79. The molecule has 0 saturated heterocycles. The quantitative estimate of drug-likeness (QED) is 0.785. The number of fused-ring (bicyclic) bond motifs is 1. The third kappa shape index (κ3) is 2.07. The summed E-state index contributed by atoms with van der Waals surface area (Å²) < 4.78 is 0. The molecule has 0 aromatic carbocycles. The Bertz CT molecular complexity index is 308. The SMILES string of the molecule is CCCNC1CCc2[nH+]c(N)sc2C1. The highest BCUT2D eigenvalue weighted by Crippen LogP contribution is 2.24. The molecule has 2 rings (SSSR count). The number of thiazole rings is 1. The molecule has 1 atom stereocenters. The largest absolute Gasteiger partial charge is 0.329 e. The second-order valence-corrected chi connectivity index (χ2v) is 5.02. The van der Waals surface area contributed by atoms with Crippen molar-refractivity contribution in [3.63, 3.8) is 0 Å². The Balaban J connectivity index is 1.98. The third-order valence-corrected chi connectivity index (χ3v) is 3.68. The fourth-order valence-corrected chi connectivity index (χ4v) is 2.97. The van der Waals surface area contributed by atoms with Gasteiger partial charge in [-0.15, -0.1) is 0 Å². The third-order valence-electron chi connectivity index (χ3n) is 2.70. The van der Waals surface area contributed by atoms with E-state index >= 15 is 0 Å². The highest BCUT2D eigenvalue weighted by molar-refractivity contribution is 7.15. The van der Waals surface area contributed by atoms with E-state index in [1.54, 1.807) is 11.3 Å². The van der Waals surface area contributed by atoms with Gasteiger partial charge in [0.15, 0.2) is 0 Å². The van der Waals surface area contributed by atoms with E-state index in [1.165, 1.54) is 23.4 Å². The van der Waals surface area contributed by atoms with Gasteiger partial charge in [0.05, 0.1) is 4.88 Å². The Morgan fingerprint density at radius 3 is 3.29 bits per heavy atom. The fourth-order valence-electron chi connectivity index (χ4n) is 1.97. The normalized spacial score (nSPS) is 20.8. The van der Waals surface area contributed by atoms with Gasteiger partial charge in [-0.2, -0.15) is 0 Å². The lowest BCUT2D eigenvalue weighted by atomic mass is 9.98. The number of aryl methyl sites for hydroxylation is 1. The van der Waals surface area contributed by atoms with Crippen LogP contribution >= 0.6 is 11.3 Å². The molecule has 0 fully saturated rings. The first-order valence-electron chi connectivity index (χ1n) is 5.32. The second-order valence-electron chi connectivity index (χ2n) is 3.89. The van der Waals surface area contributed by atoms with Crippen LogP contribution in [0.3, 0.4) is 0 Å². The van der Waals surface area contributed by atoms with Gasteiger partial charge < -0.3 is 5.32 Å². The number of rotatable bonds is 3. The van der Waals surface area contributed by atoms with Crippen LogP contribution in [0, 0.1) is 0 Å².